The number of carboxylic acid groups (broad SMARTS) is 1. The first-order valence-corrected chi connectivity index (χ1v) is 13.0. The van der Waals surface area contributed by atoms with Gasteiger partial charge < -0.3 is 20.4 Å². The van der Waals surface area contributed by atoms with E-state index in [1.54, 1.807) is 18.3 Å². The summed E-state index contributed by atoms with van der Waals surface area (Å²) in [6.07, 6.45) is 2.48. The molecule has 1 amide bonds. The fourth-order valence-corrected chi connectivity index (χ4v) is 5.55. The van der Waals surface area contributed by atoms with E-state index in [2.05, 4.69) is 50.5 Å². The molecule has 9 nitrogen and oxygen atoms in total. The molecular formula is C27H27N5O4S. The Kier molecular flexibility index (Phi) is 7.00. The third-order valence-corrected chi connectivity index (χ3v) is 7.66. The van der Waals surface area contributed by atoms with Crippen LogP contribution in [0.2, 0.25) is 0 Å². The van der Waals surface area contributed by atoms with Gasteiger partial charge in [0, 0.05) is 30.8 Å². The highest BCUT2D eigenvalue weighted by Crippen LogP contribution is 2.32. The molecule has 10 heteroatoms. The largest absolute Gasteiger partial charge is 0.504 e. The van der Waals surface area contributed by atoms with E-state index in [1.165, 1.54) is 10.4 Å². The van der Waals surface area contributed by atoms with Gasteiger partial charge in [0.2, 0.25) is 0 Å². The summed E-state index contributed by atoms with van der Waals surface area (Å²) >= 11 is 1.70. The number of rotatable bonds is 7. The lowest BCUT2D eigenvalue weighted by Gasteiger charge is -2.33. The molecule has 0 aliphatic carbocycles. The maximum atomic E-state index is 12.3. The number of aromatic hydroxyl groups is 1. The Hall–Kier alpha value is -4.05. The number of benzene rings is 2. The van der Waals surface area contributed by atoms with Gasteiger partial charge in [-0.15, -0.1) is 11.3 Å². The van der Waals surface area contributed by atoms with Crippen LogP contribution in [0.5, 0.6) is 5.75 Å². The van der Waals surface area contributed by atoms with Crippen molar-refractivity contribution in [1.82, 2.24) is 20.3 Å². The van der Waals surface area contributed by atoms with E-state index < -0.39 is 18.4 Å². The molecule has 1 saturated heterocycles. The van der Waals surface area contributed by atoms with E-state index in [-0.39, 0.29) is 11.4 Å². The van der Waals surface area contributed by atoms with Crippen molar-refractivity contribution >= 4 is 39.1 Å². The average molecular weight is 518 g/mol. The number of carbonyl (C=O) groups excluding carboxylic acids is 1. The molecule has 0 saturated carbocycles. The number of nitrogens with zero attached hydrogens (tertiary/aromatic N) is 4. The number of para-hydroxylation sites is 1. The molecule has 5 rings (SSSR count). The quantitative estimate of drug-likeness (QED) is 0.335. The highest BCUT2D eigenvalue weighted by molar-refractivity contribution is 7.21. The van der Waals surface area contributed by atoms with Crippen molar-refractivity contribution in [1.29, 1.82) is 0 Å². The predicted molar refractivity (Wildman–Crippen MR) is 142 cm³/mol. The van der Waals surface area contributed by atoms with Gasteiger partial charge >= 0.3 is 5.97 Å². The summed E-state index contributed by atoms with van der Waals surface area (Å²) in [4.78, 5) is 38.8. The zero-order valence-electron chi connectivity index (χ0n) is 20.3. The SMILES string of the molecule is Cc1nc(CC2CCN(c3ccc(-c4nc5ccccc5s4)cc3)CC2)nc(C(=O)NCC(=O)O)c1O. The van der Waals surface area contributed by atoms with E-state index in [0.29, 0.717) is 23.9 Å². The molecule has 4 aromatic rings. The first kappa shape index (κ1) is 24.6. The minimum absolute atomic E-state index is 0.186. The fourth-order valence-electron chi connectivity index (χ4n) is 4.58. The first-order chi connectivity index (χ1) is 17.9. The number of thiazole rings is 1. The molecule has 2 aromatic heterocycles. The number of anilines is 1. The van der Waals surface area contributed by atoms with Gasteiger partial charge in [0.15, 0.2) is 11.4 Å². The number of hydrogen-bond acceptors (Lipinski definition) is 8. The normalized spacial score (nSPS) is 14.1. The van der Waals surface area contributed by atoms with Crippen LogP contribution in [-0.4, -0.2) is 56.7 Å². The predicted octanol–water partition coefficient (Wildman–Crippen LogP) is 4.04. The van der Waals surface area contributed by atoms with Gasteiger partial charge in [-0.3, -0.25) is 9.59 Å². The summed E-state index contributed by atoms with van der Waals surface area (Å²) in [5, 5.41) is 22.3. The Morgan fingerprint density at radius 3 is 2.49 bits per heavy atom. The van der Waals surface area contributed by atoms with Crippen molar-refractivity contribution in [2.75, 3.05) is 24.5 Å². The Balaban J connectivity index is 1.20. The monoisotopic (exact) mass is 517 g/mol. The number of nitrogens with one attached hydrogen (secondary N) is 1. The van der Waals surface area contributed by atoms with Crippen LogP contribution >= 0.6 is 11.3 Å². The average Bonchev–Trinajstić information content (AvgIpc) is 3.34. The van der Waals surface area contributed by atoms with E-state index in [9.17, 15) is 14.7 Å². The molecule has 37 heavy (non-hydrogen) atoms. The summed E-state index contributed by atoms with van der Waals surface area (Å²) in [7, 11) is 0. The molecular weight excluding hydrogens is 490 g/mol. The van der Waals surface area contributed by atoms with Crippen molar-refractivity contribution in [3.05, 3.63) is 65.7 Å². The van der Waals surface area contributed by atoms with Crippen molar-refractivity contribution < 1.29 is 19.8 Å². The van der Waals surface area contributed by atoms with Gasteiger partial charge in [0.1, 0.15) is 17.4 Å². The van der Waals surface area contributed by atoms with Gasteiger partial charge in [-0.1, -0.05) is 12.1 Å². The minimum atomic E-state index is -1.17. The summed E-state index contributed by atoms with van der Waals surface area (Å²) in [6, 6.07) is 16.7. The third-order valence-electron chi connectivity index (χ3n) is 6.58. The van der Waals surface area contributed by atoms with E-state index in [1.807, 2.05) is 18.2 Å². The summed E-state index contributed by atoms with van der Waals surface area (Å²) in [5.41, 5.74) is 3.43. The van der Waals surface area contributed by atoms with E-state index in [0.717, 1.165) is 42.0 Å². The van der Waals surface area contributed by atoms with Crippen molar-refractivity contribution in [2.24, 2.45) is 5.92 Å². The molecule has 190 valence electrons. The zero-order valence-corrected chi connectivity index (χ0v) is 21.2. The molecule has 0 atom stereocenters. The lowest BCUT2D eigenvalue weighted by atomic mass is 9.92. The molecule has 1 aliphatic heterocycles. The van der Waals surface area contributed by atoms with Gasteiger partial charge in [0.05, 0.1) is 15.9 Å². The van der Waals surface area contributed by atoms with Gasteiger partial charge in [-0.2, -0.15) is 0 Å². The molecule has 2 aromatic carbocycles. The smallest absolute Gasteiger partial charge is 0.322 e. The summed E-state index contributed by atoms with van der Waals surface area (Å²) in [5.74, 6) is -1.39. The molecule has 1 fully saturated rings. The highest BCUT2D eigenvalue weighted by atomic mass is 32.1. The van der Waals surface area contributed by atoms with Crippen LogP contribution in [0.3, 0.4) is 0 Å². The number of amides is 1. The van der Waals surface area contributed by atoms with Crippen molar-refractivity contribution in [3.63, 3.8) is 0 Å². The third kappa shape index (κ3) is 5.54. The number of aryl methyl sites for hydroxylation is 1. The molecule has 0 bridgehead atoms. The molecule has 3 heterocycles. The standard InChI is InChI=1S/C27H27N5O4S/c1-16-25(35)24(26(36)28-15-23(33)34)31-22(29-16)14-17-10-12-32(13-11-17)19-8-6-18(7-9-19)27-30-20-4-2-3-5-21(20)37-27/h2-9,17,35H,10-15H2,1H3,(H,28,36)(H,33,34). The number of aliphatic carboxylic acids is 1. The maximum absolute atomic E-state index is 12.3. The second kappa shape index (κ2) is 10.5. The maximum Gasteiger partial charge on any atom is 0.322 e. The van der Waals surface area contributed by atoms with Crippen LogP contribution < -0.4 is 10.2 Å². The second-order valence-electron chi connectivity index (χ2n) is 9.17. The van der Waals surface area contributed by atoms with Crippen LogP contribution in [0.4, 0.5) is 5.69 Å². The number of hydrogen-bond donors (Lipinski definition) is 3. The molecule has 3 N–H and O–H groups in total. The molecule has 0 radical (unpaired) electrons. The van der Waals surface area contributed by atoms with Crippen LogP contribution in [0.15, 0.2) is 48.5 Å². The molecule has 0 unspecified atom stereocenters. The molecule has 0 spiro atoms. The van der Waals surface area contributed by atoms with Crippen LogP contribution in [0.1, 0.15) is 34.8 Å². The van der Waals surface area contributed by atoms with Gasteiger partial charge in [-0.25, -0.2) is 15.0 Å². The topological polar surface area (TPSA) is 129 Å². The van der Waals surface area contributed by atoms with Crippen molar-refractivity contribution in [3.8, 4) is 16.3 Å². The van der Waals surface area contributed by atoms with E-state index in [4.69, 9.17) is 10.1 Å². The highest BCUT2D eigenvalue weighted by Gasteiger charge is 2.23. The number of carboxylic acids is 1. The lowest BCUT2D eigenvalue weighted by Crippen LogP contribution is -2.34. The summed E-state index contributed by atoms with van der Waals surface area (Å²) < 4.78 is 1.18. The Bertz CT molecular complexity index is 1410. The lowest BCUT2D eigenvalue weighted by molar-refractivity contribution is -0.135. The first-order valence-electron chi connectivity index (χ1n) is 12.1. The summed E-state index contributed by atoms with van der Waals surface area (Å²) in [6.45, 7) is 2.86. The zero-order chi connectivity index (χ0) is 25.9. The van der Waals surface area contributed by atoms with Gasteiger partial charge in [-0.05, 0) is 62.1 Å². The Morgan fingerprint density at radius 2 is 1.78 bits per heavy atom. The van der Waals surface area contributed by atoms with E-state index >= 15 is 0 Å². The Morgan fingerprint density at radius 1 is 1.05 bits per heavy atom. The second-order valence-corrected chi connectivity index (χ2v) is 10.2. The Labute approximate surface area is 217 Å². The number of fused-ring (bicyclic) bond motifs is 1. The fraction of sp³-hybridized carbons (Fsp3) is 0.296. The van der Waals surface area contributed by atoms with Gasteiger partial charge in [0.25, 0.3) is 5.91 Å². The molecule has 1 aliphatic rings. The van der Waals surface area contributed by atoms with Crippen molar-refractivity contribution in [2.45, 2.75) is 26.2 Å². The van der Waals surface area contributed by atoms with Crippen LogP contribution in [0.25, 0.3) is 20.8 Å². The number of piperidine rings is 1. The number of carbonyl (C=O) groups is 2. The van der Waals surface area contributed by atoms with Crippen LogP contribution in [0, 0.1) is 12.8 Å². The number of aromatic nitrogens is 3. The minimum Gasteiger partial charge on any atom is -0.504 e. The van der Waals surface area contributed by atoms with Crippen LogP contribution in [-0.2, 0) is 11.2 Å².